The van der Waals surface area contributed by atoms with Gasteiger partial charge in [0.15, 0.2) is 10.8 Å². The molecule has 0 saturated heterocycles. The number of pyridine rings is 1. The van der Waals surface area contributed by atoms with E-state index >= 15 is 0 Å². The van der Waals surface area contributed by atoms with Crippen molar-refractivity contribution in [1.29, 1.82) is 0 Å². The lowest BCUT2D eigenvalue weighted by molar-refractivity contribution is -0.118. The predicted octanol–water partition coefficient (Wildman–Crippen LogP) is 0.958. The molecule has 5 nitrogen and oxygen atoms in total. The topological polar surface area (TPSA) is 59.3 Å². The lowest BCUT2D eigenvalue weighted by Gasteiger charge is -2.00. The first-order chi connectivity index (χ1) is 7.77. The van der Waals surface area contributed by atoms with Crippen LogP contribution >= 0.6 is 11.8 Å². The summed E-state index contributed by atoms with van der Waals surface area (Å²) in [6.07, 6.45) is 1.93. The number of hydrogen-bond donors (Lipinski definition) is 1. The highest BCUT2D eigenvalue weighted by molar-refractivity contribution is 7.99. The number of amides is 1. The van der Waals surface area contributed by atoms with Crippen LogP contribution in [-0.4, -0.2) is 32.8 Å². The van der Waals surface area contributed by atoms with E-state index in [1.54, 1.807) is 11.8 Å². The van der Waals surface area contributed by atoms with Crippen molar-refractivity contribution in [3.8, 4) is 0 Å². The number of aromatic nitrogens is 3. The van der Waals surface area contributed by atoms with Crippen LogP contribution in [0.25, 0.3) is 5.65 Å². The first kappa shape index (κ1) is 10.9. The number of hydrogen-bond acceptors (Lipinski definition) is 4. The maximum Gasteiger partial charge on any atom is 0.216 e. The van der Waals surface area contributed by atoms with Gasteiger partial charge in [-0.2, -0.15) is 0 Å². The second-order valence-corrected chi connectivity index (χ2v) is 4.30. The summed E-state index contributed by atoms with van der Waals surface area (Å²) in [5.41, 5.74) is 0.838. The summed E-state index contributed by atoms with van der Waals surface area (Å²) in [4.78, 5) is 10.7. The van der Waals surface area contributed by atoms with Gasteiger partial charge in [0.25, 0.3) is 0 Å². The first-order valence-electron chi connectivity index (χ1n) is 4.94. The Morgan fingerprint density at radius 3 is 3.19 bits per heavy atom. The molecular weight excluding hydrogens is 224 g/mol. The molecule has 0 aromatic carbocycles. The predicted molar refractivity (Wildman–Crippen MR) is 62.4 cm³/mol. The summed E-state index contributed by atoms with van der Waals surface area (Å²) in [7, 11) is 0. The molecule has 0 atom stereocenters. The van der Waals surface area contributed by atoms with Gasteiger partial charge in [-0.1, -0.05) is 17.8 Å². The third kappa shape index (κ3) is 2.52. The van der Waals surface area contributed by atoms with E-state index in [1.165, 1.54) is 6.92 Å². The average molecular weight is 236 g/mol. The number of nitrogens with zero attached hydrogens (tertiary/aromatic N) is 3. The standard InChI is InChI=1S/C10H12N4OS/c1-8(15)11-5-7-16-10-13-12-9-4-2-3-6-14(9)10/h2-4,6H,5,7H2,1H3,(H,11,15). The van der Waals surface area contributed by atoms with Crippen LogP contribution in [0.3, 0.4) is 0 Å². The molecule has 1 amide bonds. The van der Waals surface area contributed by atoms with Crippen molar-refractivity contribution >= 4 is 23.3 Å². The minimum atomic E-state index is -0.00768. The van der Waals surface area contributed by atoms with Gasteiger partial charge in [0, 0.05) is 25.4 Å². The van der Waals surface area contributed by atoms with Crippen LogP contribution in [0.2, 0.25) is 0 Å². The Labute approximate surface area is 97.3 Å². The summed E-state index contributed by atoms with van der Waals surface area (Å²) >= 11 is 1.57. The van der Waals surface area contributed by atoms with Gasteiger partial charge in [-0.3, -0.25) is 9.20 Å². The Hall–Kier alpha value is -1.56. The average Bonchev–Trinajstić information content (AvgIpc) is 2.68. The summed E-state index contributed by atoms with van der Waals surface area (Å²) in [5, 5.41) is 11.7. The first-order valence-corrected chi connectivity index (χ1v) is 5.93. The number of fused-ring (bicyclic) bond motifs is 1. The van der Waals surface area contributed by atoms with Gasteiger partial charge in [-0.15, -0.1) is 10.2 Å². The largest absolute Gasteiger partial charge is 0.356 e. The highest BCUT2D eigenvalue weighted by atomic mass is 32.2. The Morgan fingerprint density at radius 2 is 2.38 bits per heavy atom. The van der Waals surface area contributed by atoms with E-state index in [-0.39, 0.29) is 5.91 Å². The Morgan fingerprint density at radius 1 is 1.50 bits per heavy atom. The highest BCUT2D eigenvalue weighted by Crippen LogP contribution is 2.15. The van der Waals surface area contributed by atoms with Crippen LogP contribution in [0.5, 0.6) is 0 Å². The Bertz CT molecular complexity index is 496. The molecular formula is C10H12N4OS. The van der Waals surface area contributed by atoms with Gasteiger partial charge < -0.3 is 5.32 Å². The van der Waals surface area contributed by atoms with Gasteiger partial charge in [0.05, 0.1) is 0 Å². The zero-order chi connectivity index (χ0) is 11.4. The van der Waals surface area contributed by atoms with Gasteiger partial charge in [0.1, 0.15) is 0 Å². The number of carbonyl (C=O) groups excluding carboxylic acids is 1. The van der Waals surface area contributed by atoms with E-state index in [4.69, 9.17) is 0 Å². The second-order valence-electron chi connectivity index (χ2n) is 3.24. The van der Waals surface area contributed by atoms with Crippen LogP contribution in [0.15, 0.2) is 29.6 Å². The monoisotopic (exact) mass is 236 g/mol. The summed E-state index contributed by atoms with van der Waals surface area (Å²) in [6, 6.07) is 5.77. The van der Waals surface area contributed by atoms with Crippen molar-refractivity contribution in [2.75, 3.05) is 12.3 Å². The Kier molecular flexibility index (Phi) is 3.40. The van der Waals surface area contributed by atoms with Crippen LogP contribution in [0, 0.1) is 0 Å². The molecule has 0 unspecified atom stereocenters. The van der Waals surface area contributed by atoms with E-state index in [0.717, 1.165) is 16.6 Å². The molecule has 6 heteroatoms. The molecule has 0 aliphatic carbocycles. The van der Waals surface area contributed by atoms with Crippen molar-refractivity contribution in [1.82, 2.24) is 19.9 Å². The molecule has 1 N–H and O–H groups in total. The molecule has 0 spiro atoms. The van der Waals surface area contributed by atoms with Crippen LogP contribution in [-0.2, 0) is 4.79 Å². The molecule has 2 heterocycles. The zero-order valence-electron chi connectivity index (χ0n) is 8.88. The molecule has 16 heavy (non-hydrogen) atoms. The zero-order valence-corrected chi connectivity index (χ0v) is 9.70. The quantitative estimate of drug-likeness (QED) is 0.634. The van der Waals surface area contributed by atoms with Crippen LogP contribution < -0.4 is 5.32 Å². The molecule has 2 aromatic rings. The summed E-state index contributed by atoms with van der Waals surface area (Å²) in [5.74, 6) is 0.779. The van der Waals surface area contributed by atoms with E-state index in [0.29, 0.717) is 6.54 Å². The summed E-state index contributed by atoms with van der Waals surface area (Å²) < 4.78 is 1.93. The fourth-order valence-corrected chi connectivity index (χ4v) is 2.07. The van der Waals surface area contributed by atoms with Crippen molar-refractivity contribution in [3.05, 3.63) is 24.4 Å². The SMILES string of the molecule is CC(=O)NCCSc1nnc2ccccn12. The fourth-order valence-electron chi connectivity index (χ4n) is 1.29. The van der Waals surface area contributed by atoms with E-state index in [1.807, 2.05) is 28.8 Å². The fraction of sp³-hybridized carbons (Fsp3) is 0.300. The second kappa shape index (κ2) is 4.98. The third-order valence-electron chi connectivity index (χ3n) is 1.99. The van der Waals surface area contributed by atoms with E-state index in [2.05, 4.69) is 15.5 Å². The van der Waals surface area contributed by atoms with Gasteiger partial charge in [-0.05, 0) is 12.1 Å². The number of nitrogens with one attached hydrogen (secondary N) is 1. The van der Waals surface area contributed by atoms with Crippen molar-refractivity contribution in [2.45, 2.75) is 12.1 Å². The van der Waals surface area contributed by atoms with Gasteiger partial charge in [-0.25, -0.2) is 0 Å². The molecule has 0 fully saturated rings. The van der Waals surface area contributed by atoms with Crippen molar-refractivity contribution in [2.24, 2.45) is 0 Å². The number of thioether (sulfide) groups is 1. The van der Waals surface area contributed by atoms with Crippen molar-refractivity contribution < 1.29 is 4.79 Å². The lowest BCUT2D eigenvalue weighted by atomic mass is 10.5. The number of carbonyl (C=O) groups is 1. The molecule has 0 bridgehead atoms. The smallest absolute Gasteiger partial charge is 0.216 e. The molecule has 0 radical (unpaired) electrons. The molecule has 2 rings (SSSR count). The minimum absolute atomic E-state index is 0.00768. The van der Waals surface area contributed by atoms with Crippen molar-refractivity contribution in [3.63, 3.8) is 0 Å². The normalized spacial score (nSPS) is 10.6. The molecule has 0 aliphatic heterocycles. The maximum absolute atomic E-state index is 10.7. The minimum Gasteiger partial charge on any atom is -0.356 e. The Balaban J connectivity index is 1.97. The van der Waals surface area contributed by atoms with Crippen LogP contribution in [0.4, 0.5) is 0 Å². The van der Waals surface area contributed by atoms with E-state index in [9.17, 15) is 4.79 Å². The maximum atomic E-state index is 10.7. The molecule has 2 aromatic heterocycles. The van der Waals surface area contributed by atoms with Gasteiger partial charge >= 0.3 is 0 Å². The van der Waals surface area contributed by atoms with E-state index < -0.39 is 0 Å². The lowest BCUT2D eigenvalue weighted by Crippen LogP contribution is -2.22. The van der Waals surface area contributed by atoms with Crippen LogP contribution in [0.1, 0.15) is 6.92 Å². The number of rotatable bonds is 4. The summed E-state index contributed by atoms with van der Waals surface area (Å²) in [6.45, 7) is 2.15. The third-order valence-corrected chi connectivity index (χ3v) is 2.93. The molecule has 0 saturated carbocycles. The molecule has 84 valence electrons. The van der Waals surface area contributed by atoms with Gasteiger partial charge in [0.2, 0.25) is 5.91 Å². The highest BCUT2D eigenvalue weighted by Gasteiger charge is 2.04. The molecule has 0 aliphatic rings.